The monoisotopic (exact) mass is 290 g/mol. The molecule has 2 aromatic rings. The second-order valence-corrected chi connectivity index (χ2v) is 4.88. The van der Waals surface area contributed by atoms with Crippen LogP contribution in [-0.2, 0) is 0 Å². The highest BCUT2D eigenvalue weighted by Gasteiger charge is 2.13. The maximum atomic E-state index is 8.84. The lowest BCUT2D eigenvalue weighted by atomic mass is 10.1. The molecular weight excluding hydrogens is 276 g/mol. The molecule has 0 heterocycles. The molecule has 0 unspecified atom stereocenters. The van der Waals surface area contributed by atoms with Crippen LogP contribution in [0, 0.1) is 13.8 Å². The Morgan fingerprint density at radius 1 is 1.25 bits per heavy atom. The Labute approximate surface area is 122 Å². The van der Waals surface area contributed by atoms with Crippen LogP contribution >= 0.6 is 11.6 Å². The van der Waals surface area contributed by atoms with Crippen molar-refractivity contribution in [1.82, 2.24) is 0 Å². The number of nitrogens with two attached hydrogens (primary N) is 1. The molecule has 0 saturated carbocycles. The van der Waals surface area contributed by atoms with E-state index in [1.807, 2.05) is 38.1 Å². The summed E-state index contributed by atoms with van der Waals surface area (Å²) in [6, 6.07) is 10.9. The average molecular weight is 291 g/mol. The molecular formula is C15H15ClN2O2. The van der Waals surface area contributed by atoms with E-state index in [1.165, 1.54) is 0 Å². The normalized spacial score (nSPS) is 11.4. The van der Waals surface area contributed by atoms with E-state index in [-0.39, 0.29) is 5.84 Å². The Morgan fingerprint density at radius 3 is 2.65 bits per heavy atom. The van der Waals surface area contributed by atoms with Crippen molar-refractivity contribution in [3.8, 4) is 11.5 Å². The third-order valence-corrected chi connectivity index (χ3v) is 3.19. The van der Waals surface area contributed by atoms with Gasteiger partial charge in [0.15, 0.2) is 5.84 Å². The number of rotatable bonds is 3. The van der Waals surface area contributed by atoms with Crippen molar-refractivity contribution >= 4 is 17.4 Å². The zero-order chi connectivity index (χ0) is 14.7. The summed E-state index contributed by atoms with van der Waals surface area (Å²) < 4.78 is 5.85. The fourth-order valence-electron chi connectivity index (χ4n) is 1.84. The quantitative estimate of drug-likeness (QED) is 0.390. The Hall–Kier alpha value is -2.20. The molecule has 4 nitrogen and oxygen atoms in total. The van der Waals surface area contributed by atoms with Gasteiger partial charge in [0.2, 0.25) is 0 Å². The molecule has 2 rings (SSSR count). The highest BCUT2D eigenvalue weighted by atomic mass is 35.5. The van der Waals surface area contributed by atoms with Gasteiger partial charge in [-0.15, -0.1) is 0 Å². The highest BCUT2D eigenvalue weighted by Crippen LogP contribution is 2.33. The number of hydrogen-bond donors (Lipinski definition) is 2. The van der Waals surface area contributed by atoms with Crippen molar-refractivity contribution in [2.24, 2.45) is 10.9 Å². The predicted octanol–water partition coefficient (Wildman–Crippen LogP) is 3.84. The predicted molar refractivity (Wildman–Crippen MR) is 80.0 cm³/mol. The van der Waals surface area contributed by atoms with Gasteiger partial charge in [0.05, 0.1) is 10.6 Å². The van der Waals surface area contributed by atoms with Gasteiger partial charge in [-0.05, 0) is 43.2 Å². The van der Waals surface area contributed by atoms with E-state index < -0.39 is 0 Å². The maximum Gasteiger partial charge on any atom is 0.173 e. The van der Waals surface area contributed by atoms with Crippen molar-refractivity contribution in [3.63, 3.8) is 0 Å². The zero-order valence-electron chi connectivity index (χ0n) is 11.2. The maximum absolute atomic E-state index is 8.84. The van der Waals surface area contributed by atoms with E-state index >= 15 is 0 Å². The molecule has 0 spiro atoms. The van der Waals surface area contributed by atoms with Crippen LogP contribution in [0.15, 0.2) is 41.6 Å². The lowest BCUT2D eigenvalue weighted by Gasteiger charge is -2.14. The molecule has 104 valence electrons. The minimum Gasteiger partial charge on any atom is -0.455 e. The van der Waals surface area contributed by atoms with Gasteiger partial charge >= 0.3 is 0 Å². The SMILES string of the molecule is Cc1ccc(Oc2c(C)cccc2/C(N)=N/O)c(Cl)c1. The van der Waals surface area contributed by atoms with Crippen LogP contribution in [0.25, 0.3) is 0 Å². The molecule has 3 N–H and O–H groups in total. The molecule has 0 atom stereocenters. The van der Waals surface area contributed by atoms with Crippen molar-refractivity contribution in [2.45, 2.75) is 13.8 Å². The lowest BCUT2D eigenvalue weighted by Crippen LogP contribution is -2.14. The van der Waals surface area contributed by atoms with Gasteiger partial charge in [-0.25, -0.2) is 0 Å². The van der Waals surface area contributed by atoms with Crippen LogP contribution in [-0.4, -0.2) is 11.0 Å². The first-order valence-corrected chi connectivity index (χ1v) is 6.42. The van der Waals surface area contributed by atoms with E-state index in [9.17, 15) is 0 Å². The number of amidine groups is 1. The van der Waals surface area contributed by atoms with Gasteiger partial charge in [-0.3, -0.25) is 0 Å². The molecule has 0 aliphatic rings. The van der Waals surface area contributed by atoms with E-state index in [0.29, 0.717) is 22.1 Å². The number of hydrogen-bond acceptors (Lipinski definition) is 3. The van der Waals surface area contributed by atoms with Gasteiger partial charge in [-0.2, -0.15) is 0 Å². The third-order valence-electron chi connectivity index (χ3n) is 2.89. The smallest absolute Gasteiger partial charge is 0.173 e. The first kappa shape index (κ1) is 14.2. The minimum atomic E-state index is -0.00747. The van der Waals surface area contributed by atoms with E-state index in [1.54, 1.807) is 12.1 Å². The Morgan fingerprint density at radius 2 is 2.00 bits per heavy atom. The first-order chi connectivity index (χ1) is 9.52. The van der Waals surface area contributed by atoms with Crippen molar-refractivity contribution in [3.05, 3.63) is 58.1 Å². The van der Waals surface area contributed by atoms with E-state index in [4.69, 9.17) is 27.3 Å². The van der Waals surface area contributed by atoms with Gasteiger partial charge in [0.1, 0.15) is 11.5 Å². The van der Waals surface area contributed by atoms with Gasteiger partial charge in [0, 0.05) is 0 Å². The van der Waals surface area contributed by atoms with Crippen molar-refractivity contribution < 1.29 is 9.94 Å². The molecule has 0 saturated heterocycles. The molecule has 0 aliphatic carbocycles. The summed E-state index contributed by atoms with van der Waals surface area (Å²) in [4.78, 5) is 0. The summed E-state index contributed by atoms with van der Waals surface area (Å²) in [5.41, 5.74) is 8.10. The molecule has 0 bridgehead atoms. The molecule has 20 heavy (non-hydrogen) atoms. The third kappa shape index (κ3) is 2.86. The number of oxime groups is 1. The summed E-state index contributed by atoms with van der Waals surface area (Å²) in [6.07, 6.45) is 0. The number of ether oxygens (including phenoxy) is 1. The molecule has 0 radical (unpaired) electrons. The average Bonchev–Trinajstić information content (AvgIpc) is 2.42. The molecule has 2 aromatic carbocycles. The summed E-state index contributed by atoms with van der Waals surface area (Å²) in [7, 11) is 0. The van der Waals surface area contributed by atoms with E-state index in [0.717, 1.165) is 11.1 Å². The molecule has 0 fully saturated rings. The van der Waals surface area contributed by atoms with Crippen LogP contribution in [0.3, 0.4) is 0 Å². The summed E-state index contributed by atoms with van der Waals surface area (Å²) >= 11 is 6.16. The summed E-state index contributed by atoms with van der Waals surface area (Å²) in [5, 5.41) is 12.4. The van der Waals surface area contributed by atoms with Gasteiger partial charge in [-0.1, -0.05) is 35.0 Å². The lowest BCUT2D eigenvalue weighted by molar-refractivity contribution is 0.318. The second kappa shape index (κ2) is 5.84. The fourth-order valence-corrected chi connectivity index (χ4v) is 2.12. The second-order valence-electron chi connectivity index (χ2n) is 4.47. The molecule has 0 amide bonds. The Balaban J connectivity index is 2.48. The number of halogens is 1. The van der Waals surface area contributed by atoms with Gasteiger partial charge < -0.3 is 15.7 Å². The van der Waals surface area contributed by atoms with Crippen LogP contribution in [0.1, 0.15) is 16.7 Å². The van der Waals surface area contributed by atoms with Crippen LogP contribution in [0.4, 0.5) is 0 Å². The number of aryl methyl sites for hydroxylation is 2. The number of nitrogens with zero attached hydrogens (tertiary/aromatic N) is 1. The largest absolute Gasteiger partial charge is 0.455 e. The standard InChI is InChI=1S/C15H15ClN2O2/c1-9-6-7-13(12(16)8-9)20-14-10(2)4-3-5-11(14)15(17)18-19/h3-8,19H,1-2H3,(H2,17,18). The van der Waals surface area contributed by atoms with Crippen LogP contribution in [0.5, 0.6) is 11.5 Å². The Kier molecular flexibility index (Phi) is 4.15. The van der Waals surface area contributed by atoms with E-state index in [2.05, 4.69) is 5.16 Å². The van der Waals surface area contributed by atoms with Crippen LogP contribution < -0.4 is 10.5 Å². The highest BCUT2D eigenvalue weighted by molar-refractivity contribution is 6.32. The number of para-hydroxylation sites is 1. The zero-order valence-corrected chi connectivity index (χ0v) is 12.0. The van der Waals surface area contributed by atoms with Gasteiger partial charge in [0.25, 0.3) is 0 Å². The Bertz CT molecular complexity index is 669. The number of benzene rings is 2. The summed E-state index contributed by atoms with van der Waals surface area (Å²) in [6.45, 7) is 3.83. The minimum absolute atomic E-state index is 0.00747. The molecule has 5 heteroatoms. The van der Waals surface area contributed by atoms with Crippen LogP contribution in [0.2, 0.25) is 5.02 Å². The van der Waals surface area contributed by atoms with Crippen molar-refractivity contribution in [1.29, 1.82) is 0 Å². The molecule has 0 aromatic heterocycles. The molecule has 0 aliphatic heterocycles. The van der Waals surface area contributed by atoms with Crippen molar-refractivity contribution in [2.75, 3.05) is 0 Å². The first-order valence-electron chi connectivity index (χ1n) is 6.04. The fraction of sp³-hybridized carbons (Fsp3) is 0.133. The topological polar surface area (TPSA) is 67.8 Å². The summed E-state index contributed by atoms with van der Waals surface area (Å²) in [5.74, 6) is 1.04.